The molecule has 0 bridgehead atoms. The van der Waals surface area contributed by atoms with Crippen LogP contribution in [0.15, 0.2) is 24.3 Å². The first-order valence-electron chi connectivity index (χ1n) is 7.29. The predicted molar refractivity (Wildman–Crippen MR) is 88.4 cm³/mol. The van der Waals surface area contributed by atoms with Gasteiger partial charge in [0, 0.05) is 17.9 Å². The average molecular weight is 294 g/mol. The first kappa shape index (κ1) is 17.1. The molecule has 1 aromatic carbocycles. The lowest BCUT2D eigenvalue weighted by Gasteiger charge is -2.17. The maximum atomic E-state index is 12.0. The molecule has 0 unspecified atom stereocenters. The second-order valence-electron chi connectivity index (χ2n) is 4.77. The normalized spacial score (nSPS) is 10.8. The van der Waals surface area contributed by atoms with E-state index in [9.17, 15) is 4.79 Å². The molecule has 0 spiro atoms. The number of rotatable bonds is 9. The maximum absolute atomic E-state index is 12.0. The third-order valence-electron chi connectivity index (χ3n) is 3.36. The first-order valence-corrected chi connectivity index (χ1v) is 8.69. The molecule has 0 saturated heterocycles. The van der Waals surface area contributed by atoms with Crippen LogP contribution in [0.25, 0.3) is 0 Å². The Labute approximate surface area is 127 Å². The summed E-state index contributed by atoms with van der Waals surface area (Å²) in [6.07, 6.45) is 3.08. The number of nitrogens with zero attached hydrogens (tertiary/aromatic N) is 1. The molecule has 0 aliphatic rings. The summed E-state index contributed by atoms with van der Waals surface area (Å²) in [5, 5.41) is 2.98. The van der Waals surface area contributed by atoms with Gasteiger partial charge in [0.15, 0.2) is 0 Å². The Kier molecular flexibility index (Phi) is 8.38. The van der Waals surface area contributed by atoms with Crippen molar-refractivity contribution < 1.29 is 4.79 Å². The molecule has 0 saturated carbocycles. The van der Waals surface area contributed by atoms with Crippen LogP contribution in [0.2, 0.25) is 0 Å². The highest BCUT2D eigenvalue weighted by Crippen LogP contribution is 2.10. The Morgan fingerprint density at radius 2 is 1.85 bits per heavy atom. The molecule has 0 heterocycles. The van der Waals surface area contributed by atoms with Crippen molar-refractivity contribution in [3.05, 3.63) is 35.4 Å². The van der Waals surface area contributed by atoms with Crippen molar-refractivity contribution in [1.29, 1.82) is 0 Å². The summed E-state index contributed by atoms with van der Waals surface area (Å²) in [5.41, 5.74) is 2.01. The lowest BCUT2D eigenvalue weighted by Crippen LogP contribution is -2.29. The van der Waals surface area contributed by atoms with Crippen molar-refractivity contribution in [2.45, 2.75) is 26.0 Å². The molecule has 4 heteroatoms. The molecular weight excluding hydrogens is 268 g/mol. The van der Waals surface area contributed by atoms with Crippen LogP contribution in [0.1, 0.15) is 36.2 Å². The Bertz CT molecular complexity index is 388. The molecule has 0 atom stereocenters. The van der Waals surface area contributed by atoms with E-state index < -0.39 is 0 Å². The zero-order valence-corrected chi connectivity index (χ0v) is 13.6. The van der Waals surface area contributed by atoms with Crippen molar-refractivity contribution in [2.24, 2.45) is 0 Å². The van der Waals surface area contributed by atoms with E-state index in [1.807, 2.05) is 24.3 Å². The first-order chi connectivity index (χ1) is 9.71. The van der Waals surface area contributed by atoms with Gasteiger partial charge in [-0.2, -0.15) is 11.8 Å². The van der Waals surface area contributed by atoms with Crippen molar-refractivity contribution in [3.8, 4) is 0 Å². The van der Waals surface area contributed by atoms with Gasteiger partial charge < -0.3 is 10.2 Å². The molecule has 1 N–H and O–H groups in total. The summed E-state index contributed by atoms with van der Waals surface area (Å²) in [5.74, 6) is 1.02. The third kappa shape index (κ3) is 5.97. The Morgan fingerprint density at radius 3 is 2.40 bits per heavy atom. The average Bonchev–Trinajstić information content (AvgIpc) is 2.48. The van der Waals surface area contributed by atoms with Gasteiger partial charge in [0.1, 0.15) is 0 Å². The summed E-state index contributed by atoms with van der Waals surface area (Å²) in [7, 11) is 0. The molecule has 1 rings (SSSR count). The van der Waals surface area contributed by atoms with E-state index in [4.69, 9.17) is 0 Å². The van der Waals surface area contributed by atoms with Crippen LogP contribution in [-0.2, 0) is 5.75 Å². The van der Waals surface area contributed by atoms with Crippen molar-refractivity contribution in [1.82, 2.24) is 10.2 Å². The minimum atomic E-state index is 0.0280. The highest BCUT2D eigenvalue weighted by molar-refractivity contribution is 7.97. The second kappa shape index (κ2) is 9.83. The van der Waals surface area contributed by atoms with E-state index in [0.717, 1.165) is 43.9 Å². The number of carbonyl (C=O) groups excluding carboxylic acids is 1. The Hall–Kier alpha value is -1.00. The standard InChI is InChI=1S/C16H26N2OS/c1-4-18(5-2)12-6-11-17-16(19)15-9-7-14(8-10-15)13-20-3/h7-10H,4-6,11-13H2,1-3H3,(H,17,19). The van der Waals surface area contributed by atoms with Crippen LogP contribution in [0.5, 0.6) is 0 Å². The summed E-state index contributed by atoms with van der Waals surface area (Å²) in [6.45, 7) is 8.25. The molecule has 112 valence electrons. The molecule has 1 aromatic rings. The molecule has 1 amide bonds. The summed E-state index contributed by atoms with van der Waals surface area (Å²) >= 11 is 1.79. The van der Waals surface area contributed by atoms with Crippen LogP contribution in [-0.4, -0.2) is 43.2 Å². The molecule has 0 aliphatic carbocycles. The second-order valence-corrected chi connectivity index (χ2v) is 5.63. The maximum Gasteiger partial charge on any atom is 0.251 e. The third-order valence-corrected chi connectivity index (χ3v) is 3.98. The summed E-state index contributed by atoms with van der Waals surface area (Å²) in [4.78, 5) is 14.3. The number of hydrogen-bond donors (Lipinski definition) is 1. The van der Waals surface area contributed by atoms with Gasteiger partial charge in [0.2, 0.25) is 0 Å². The number of thioether (sulfide) groups is 1. The number of benzene rings is 1. The highest BCUT2D eigenvalue weighted by Gasteiger charge is 2.05. The lowest BCUT2D eigenvalue weighted by atomic mass is 10.1. The fourth-order valence-corrected chi connectivity index (χ4v) is 2.59. The van der Waals surface area contributed by atoms with E-state index >= 15 is 0 Å². The number of nitrogens with one attached hydrogen (secondary N) is 1. The number of amides is 1. The topological polar surface area (TPSA) is 32.3 Å². The van der Waals surface area contributed by atoms with Gasteiger partial charge in [-0.15, -0.1) is 0 Å². The molecule has 0 fully saturated rings. The van der Waals surface area contributed by atoms with E-state index in [1.165, 1.54) is 5.56 Å². The van der Waals surface area contributed by atoms with Crippen LogP contribution in [0.3, 0.4) is 0 Å². The van der Waals surface area contributed by atoms with Gasteiger partial charge in [-0.1, -0.05) is 26.0 Å². The van der Waals surface area contributed by atoms with Crippen LogP contribution < -0.4 is 5.32 Å². The van der Waals surface area contributed by atoms with E-state index in [2.05, 4.69) is 30.3 Å². The molecule has 20 heavy (non-hydrogen) atoms. The molecule has 0 aliphatic heterocycles. The lowest BCUT2D eigenvalue weighted by molar-refractivity contribution is 0.0952. The monoisotopic (exact) mass is 294 g/mol. The van der Waals surface area contributed by atoms with E-state index in [-0.39, 0.29) is 5.91 Å². The molecule has 0 aromatic heterocycles. The largest absolute Gasteiger partial charge is 0.352 e. The predicted octanol–water partition coefficient (Wildman–Crippen LogP) is 3.01. The van der Waals surface area contributed by atoms with Gasteiger partial charge in [-0.05, 0) is 50.0 Å². The SMILES string of the molecule is CCN(CC)CCCNC(=O)c1ccc(CSC)cc1. The number of carbonyl (C=O) groups is 1. The molecular formula is C16H26N2OS. The van der Waals surface area contributed by atoms with Crippen LogP contribution >= 0.6 is 11.8 Å². The van der Waals surface area contributed by atoms with Gasteiger partial charge >= 0.3 is 0 Å². The Morgan fingerprint density at radius 1 is 1.20 bits per heavy atom. The smallest absolute Gasteiger partial charge is 0.251 e. The summed E-state index contributed by atoms with van der Waals surface area (Å²) < 4.78 is 0. The minimum Gasteiger partial charge on any atom is -0.352 e. The van der Waals surface area contributed by atoms with E-state index in [1.54, 1.807) is 11.8 Å². The van der Waals surface area contributed by atoms with Gasteiger partial charge in [-0.25, -0.2) is 0 Å². The summed E-state index contributed by atoms with van der Waals surface area (Å²) in [6, 6.07) is 7.87. The molecule has 0 radical (unpaired) electrons. The van der Waals surface area contributed by atoms with Crippen LogP contribution in [0.4, 0.5) is 0 Å². The van der Waals surface area contributed by atoms with Crippen molar-refractivity contribution >= 4 is 17.7 Å². The quantitative estimate of drug-likeness (QED) is 0.711. The zero-order valence-electron chi connectivity index (χ0n) is 12.8. The molecule has 3 nitrogen and oxygen atoms in total. The fraction of sp³-hybridized carbons (Fsp3) is 0.562. The zero-order chi connectivity index (χ0) is 14.8. The highest BCUT2D eigenvalue weighted by atomic mass is 32.2. The van der Waals surface area contributed by atoms with Gasteiger partial charge in [0.05, 0.1) is 0 Å². The van der Waals surface area contributed by atoms with Gasteiger partial charge in [0.25, 0.3) is 5.91 Å². The van der Waals surface area contributed by atoms with Crippen molar-refractivity contribution in [3.63, 3.8) is 0 Å². The number of hydrogen-bond acceptors (Lipinski definition) is 3. The Balaban J connectivity index is 2.32. The van der Waals surface area contributed by atoms with Crippen molar-refractivity contribution in [2.75, 3.05) is 32.4 Å². The minimum absolute atomic E-state index is 0.0280. The fourth-order valence-electron chi connectivity index (χ4n) is 2.07. The van der Waals surface area contributed by atoms with Gasteiger partial charge in [-0.3, -0.25) is 4.79 Å². The van der Waals surface area contributed by atoms with E-state index in [0.29, 0.717) is 0 Å². The van der Waals surface area contributed by atoms with Crippen LogP contribution in [0, 0.1) is 0 Å².